The maximum Gasteiger partial charge on any atom is 0.253 e. The second-order valence-corrected chi connectivity index (χ2v) is 9.18. The molecule has 2 aromatic rings. The molecular formula is C27H35N3O3. The zero-order valence-corrected chi connectivity index (χ0v) is 19.8. The van der Waals surface area contributed by atoms with Crippen molar-refractivity contribution in [2.45, 2.75) is 45.2 Å². The number of amides is 2. The van der Waals surface area contributed by atoms with E-state index in [-0.39, 0.29) is 23.8 Å². The van der Waals surface area contributed by atoms with Crippen LogP contribution >= 0.6 is 0 Å². The van der Waals surface area contributed by atoms with E-state index in [1.54, 1.807) is 7.11 Å². The van der Waals surface area contributed by atoms with Crippen molar-refractivity contribution in [2.75, 3.05) is 33.3 Å². The van der Waals surface area contributed by atoms with Crippen molar-refractivity contribution in [2.24, 2.45) is 5.92 Å². The van der Waals surface area contributed by atoms with Crippen molar-refractivity contribution in [1.29, 1.82) is 0 Å². The average Bonchev–Trinajstić information content (AvgIpc) is 3.42. The average molecular weight is 450 g/mol. The van der Waals surface area contributed by atoms with Gasteiger partial charge in [-0.2, -0.15) is 0 Å². The molecule has 0 bridgehead atoms. The van der Waals surface area contributed by atoms with Gasteiger partial charge in [0.1, 0.15) is 5.75 Å². The predicted molar refractivity (Wildman–Crippen MR) is 129 cm³/mol. The second kappa shape index (κ2) is 10.8. The van der Waals surface area contributed by atoms with Crippen LogP contribution in [0.15, 0.2) is 48.5 Å². The number of hydrogen-bond acceptors (Lipinski definition) is 4. The standard InChI is InChI=1S/C27H35N3O3/c1-20(24-8-5-9-25(18-24)33-2)29-14-16-30(17-15-29)27(32)23-12-10-21(11-13-23)19-28-26(31)22-6-3-4-7-22/h5,8-13,18,20,22H,3-4,6-7,14-17,19H2,1-2H3,(H,28,31). The summed E-state index contributed by atoms with van der Waals surface area (Å²) in [7, 11) is 1.69. The van der Waals surface area contributed by atoms with Gasteiger partial charge in [0.2, 0.25) is 5.91 Å². The van der Waals surface area contributed by atoms with Crippen LogP contribution in [0.1, 0.15) is 60.1 Å². The lowest BCUT2D eigenvalue weighted by Gasteiger charge is -2.38. The zero-order valence-electron chi connectivity index (χ0n) is 19.8. The molecule has 0 aromatic heterocycles. The summed E-state index contributed by atoms with van der Waals surface area (Å²) in [5.41, 5.74) is 2.95. The number of rotatable bonds is 7. The normalized spacial score (nSPS) is 18.2. The number of benzene rings is 2. The molecule has 6 heteroatoms. The predicted octanol–water partition coefficient (Wildman–Crippen LogP) is 4.02. The quantitative estimate of drug-likeness (QED) is 0.694. The maximum atomic E-state index is 13.0. The Morgan fingerprint density at radius 2 is 1.73 bits per heavy atom. The van der Waals surface area contributed by atoms with Crippen molar-refractivity contribution < 1.29 is 14.3 Å². The molecular weight excluding hydrogens is 414 g/mol. The monoisotopic (exact) mass is 449 g/mol. The number of carbonyl (C=O) groups is 2. The van der Waals surface area contributed by atoms with Crippen molar-refractivity contribution in [3.63, 3.8) is 0 Å². The number of piperazine rings is 1. The summed E-state index contributed by atoms with van der Waals surface area (Å²) in [5.74, 6) is 1.28. The number of methoxy groups -OCH3 is 1. The number of carbonyl (C=O) groups excluding carboxylic acids is 2. The fourth-order valence-electron chi connectivity index (χ4n) is 4.89. The number of hydrogen-bond donors (Lipinski definition) is 1. The van der Waals surface area contributed by atoms with Crippen LogP contribution in [0.2, 0.25) is 0 Å². The third-order valence-corrected chi connectivity index (χ3v) is 7.12. The van der Waals surface area contributed by atoms with Crippen LogP contribution in [-0.4, -0.2) is 54.9 Å². The molecule has 0 spiro atoms. The van der Waals surface area contributed by atoms with E-state index in [2.05, 4.69) is 29.3 Å². The molecule has 6 nitrogen and oxygen atoms in total. The van der Waals surface area contributed by atoms with Crippen LogP contribution in [0.5, 0.6) is 5.75 Å². The van der Waals surface area contributed by atoms with Gasteiger partial charge < -0.3 is 15.0 Å². The van der Waals surface area contributed by atoms with Crippen LogP contribution in [-0.2, 0) is 11.3 Å². The topological polar surface area (TPSA) is 61.9 Å². The summed E-state index contributed by atoms with van der Waals surface area (Å²) < 4.78 is 5.36. The van der Waals surface area contributed by atoms with E-state index in [1.165, 1.54) is 5.56 Å². The summed E-state index contributed by atoms with van der Waals surface area (Å²) in [5, 5.41) is 3.04. The summed E-state index contributed by atoms with van der Waals surface area (Å²) >= 11 is 0. The van der Waals surface area contributed by atoms with Crippen LogP contribution in [0.3, 0.4) is 0 Å². The van der Waals surface area contributed by atoms with Gasteiger partial charge >= 0.3 is 0 Å². The Kier molecular flexibility index (Phi) is 7.65. The molecule has 1 heterocycles. The number of nitrogens with zero attached hydrogens (tertiary/aromatic N) is 2. The molecule has 0 radical (unpaired) electrons. The number of nitrogens with one attached hydrogen (secondary N) is 1. The molecule has 1 aliphatic heterocycles. The highest BCUT2D eigenvalue weighted by molar-refractivity contribution is 5.94. The van der Waals surface area contributed by atoms with Crippen molar-refractivity contribution >= 4 is 11.8 Å². The summed E-state index contributed by atoms with van der Waals surface area (Å²) in [6, 6.07) is 16.1. The minimum atomic E-state index is 0.0743. The van der Waals surface area contributed by atoms with E-state index >= 15 is 0 Å². The van der Waals surface area contributed by atoms with E-state index in [4.69, 9.17) is 4.74 Å². The Labute approximate surface area is 196 Å². The highest BCUT2D eigenvalue weighted by Crippen LogP contribution is 2.26. The van der Waals surface area contributed by atoms with Crippen molar-refractivity contribution in [3.05, 3.63) is 65.2 Å². The van der Waals surface area contributed by atoms with Gasteiger partial charge in [-0.1, -0.05) is 37.1 Å². The third kappa shape index (κ3) is 5.74. The Bertz CT molecular complexity index is 945. The first-order valence-corrected chi connectivity index (χ1v) is 12.1. The molecule has 1 aliphatic carbocycles. The number of ether oxygens (including phenoxy) is 1. The van der Waals surface area contributed by atoms with E-state index in [9.17, 15) is 9.59 Å². The van der Waals surface area contributed by atoms with Gasteiger partial charge in [0.05, 0.1) is 7.11 Å². The van der Waals surface area contributed by atoms with Crippen molar-refractivity contribution in [3.8, 4) is 5.75 Å². The van der Waals surface area contributed by atoms with Gasteiger partial charge in [0.15, 0.2) is 0 Å². The molecule has 2 fully saturated rings. The first kappa shape index (κ1) is 23.3. The lowest BCUT2D eigenvalue weighted by Crippen LogP contribution is -2.49. The maximum absolute atomic E-state index is 13.0. The van der Waals surface area contributed by atoms with E-state index in [0.717, 1.165) is 50.1 Å². The first-order chi connectivity index (χ1) is 16.0. The summed E-state index contributed by atoms with van der Waals surface area (Å²) in [6.45, 7) is 5.84. The molecule has 176 valence electrons. The van der Waals surface area contributed by atoms with Crippen molar-refractivity contribution in [1.82, 2.24) is 15.1 Å². The fraction of sp³-hybridized carbons (Fsp3) is 0.481. The first-order valence-electron chi connectivity index (χ1n) is 12.1. The van der Waals surface area contributed by atoms with Crippen LogP contribution in [0.4, 0.5) is 0 Å². The molecule has 1 unspecified atom stereocenters. The molecule has 1 saturated carbocycles. The van der Waals surface area contributed by atoms with Gasteiger partial charge in [-0.05, 0) is 55.2 Å². The smallest absolute Gasteiger partial charge is 0.253 e. The van der Waals surface area contributed by atoms with Crippen LogP contribution < -0.4 is 10.1 Å². The lowest BCUT2D eigenvalue weighted by molar-refractivity contribution is -0.124. The molecule has 33 heavy (non-hydrogen) atoms. The molecule has 2 amide bonds. The highest BCUT2D eigenvalue weighted by Gasteiger charge is 2.26. The molecule has 2 aromatic carbocycles. The third-order valence-electron chi connectivity index (χ3n) is 7.12. The molecule has 2 aliphatic rings. The van der Waals surface area contributed by atoms with E-state index in [0.29, 0.717) is 25.2 Å². The van der Waals surface area contributed by atoms with E-state index in [1.807, 2.05) is 41.3 Å². The second-order valence-electron chi connectivity index (χ2n) is 9.18. The Morgan fingerprint density at radius 3 is 2.39 bits per heavy atom. The van der Waals surface area contributed by atoms with Gasteiger partial charge in [0, 0.05) is 50.2 Å². The highest BCUT2D eigenvalue weighted by atomic mass is 16.5. The summed E-state index contributed by atoms with van der Waals surface area (Å²) in [6.07, 6.45) is 4.32. The minimum Gasteiger partial charge on any atom is -0.497 e. The fourth-order valence-corrected chi connectivity index (χ4v) is 4.89. The molecule has 1 atom stereocenters. The molecule has 1 N–H and O–H groups in total. The molecule has 4 rings (SSSR count). The lowest BCUT2D eigenvalue weighted by atomic mass is 10.1. The Balaban J connectivity index is 1.27. The SMILES string of the molecule is COc1cccc(C(C)N2CCN(C(=O)c3ccc(CNC(=O)C4CCCC4)cc3)CC2)c1. The largest absolute Gasteiger partial charge is 0.497 e. The Morgan fingerprint density at radius 1 is 1.03 bits per heavy atom. The van der Waals surface area contributed by atoms with Gasteiger partial charge in [-0.3, -0.25) is 14.5 Å². The van der Waals surface area contributed by atoms with Crippen LogP contribution in [0.25, 0.3) is 0 Å². The van der Waals surface area contributed by atoms with Gasteiger partial charge in [-0.25, -0.2) is 0 Å². The zero-order chi connectivity index (χ0) is 23.2. The van der Waals surface area contributed by atoms with Crippen LogP contribution in [0, 0.1) is 5.92 Å². The van der Waals surface area contributed by atoms with Gasteiger partial charge in [0.25, 0.3) is 5.91 Å². The van der Waals surface area contributed by atoms with Gasteiger partial charge in [-0.15, -0.1) is 0 Å². The summed E-state index contributed by atoms with van der Waals surface area (Å²) in [4.78, 5) is 29.6. The molecule has 1 saturated heterocycles. The van der Waals surface area contributed by atoms with E-state index < -0.39 is 0 Å². The Hall–Kier alpha value is -2.86. The minimum absolute atomic E-state index is 0.0743.